The summed E-state index contributed by atoms with van der Waals surface area (Å²) in [7, 11) is 0. The zero-order valence-corrected chi connectivity index (χ0v) is 16.0. The first kappa shape index (κ1) is 19.3. The van der Waals surface area contributed by atoms with Gasteiger partial charge in [-0.05, 0) is 59.6 Å². The van der Waals surface area contributed by atoms with Crippen LogP contribution in [0.2, 0.25) is 0 Å². The summed E-state index contributed by atoms with van der Waals surface area (Å²) < 4.78 is 17.2. The van der Waals surface area contributed by atoms with Gasteiger partial charge >= 0.3 is 0 Å². The molecule has 0 aliphatic carbocycles. The van der Waals surface area contributed by atoms with Gasteiger partial charge in [0.25, 0.3) is 5.91 Å². The second-order valence-electron chi connectivity index (χ2n) is 5.34. The van der Waals surface area contributed by atoms with Crippen molar-refractivity contribution in [1.29, 1.82) is 0 Å². The molecule has 2 aromatic rings. The van der Waals surface area contributed by atoms with E-state index in [4.69, 9.17) is 14.2 Å². The summed E-state index contributed by atoms with van der Waals surface area (Å²) in [5.41, 5.74) is 1.77. The summed E-state index contributed by atoms with van der Waals surface area (Å²) in [6, 6.07) is 12.9. The van der Waals surface area contributed by atoms with Crippen molar-refractivity contribution < 1.29 is 19.0 Å². The van der Waals surface area contributed by atoms with Crippen LogP contribution in [-0.4, -0.2) is 32.3 Å². The molecule has 0 aromatic heterocycles. The first-order valence-electron chi connectivity index (χ1n) is 8.08. The van der Waals surface area contributed by atoms with E-state index in [0.29, 0.717) is 37.0 Å². The Balaban J connectivity index is 1.83. The van der Waals surface area contributed by atoms with Gasteiger partial charge in [0.1, 0.15) is 18.1 Å². The smallest absolute Gasteiger partial charge is 0.262 e. The van der Waals surface area contributed by atoms with E-state index in [9.17, 15) is 4.79 Å². The van der Waals surface area contributed by atoms with Gasteiger partial charge in [0.05, 0.1) is 11.1 Å². The summed E-state index contributed by atoms with van der Waals surface area (Å²) in [6.45, 7) is 5.52. The average Bonchev–Trinajstić information content (AvgIpc) is 2.58. The lowest BCUT2D eigenvalue weighted by atomic mass is 10.2. The third kappa shape index (κ3) is 6.76. The third-order valence-corrected chi connectivity index (χ3v) is 3.88. The monoisotopic (exact) mass is 407 g/mol. The number of aryl methyl sites for hydroxylation is 1. The Bertz CT molecular complexity index is 706. The molecule has 0 fully saturated rings. The zero-order valence-electron chi connectivity index (χ0n) is 14.4. The summed E-state index contributed by atoms with van der Waals surface area (Å²) in [4.78, 5) is 12.1. The molecule has 1 amide bonds. The van der Waals surface area contributed by atoms with Gasteiger partial charge in [0.15, 0.2) is 6.61 Å². The van der Waals surface area contributed by atoms with Gasteiger partial charge in [0, 0.05) is 18.4 Å². The minimum absolute atomic E-state index is 0.0723. The van der Waals surface area contributed by atoms with Gasteiger partial charge < -0.3 is 19.5 Å². The van der Waals surface area contributed by atoms with Crippen LogP contribution in [-0.2, 0) is 9.53 Å². The molecule has 0 atom stereocenters. The molecular formula is C19H22BrNO4. The molecule has 6 heteroatoms. The normalized spacial score (nSPS) is 10.4. The van der Waals surface area contributed by atoms with E-state index in [0.717, 1.165) is 10.0 Å². The Morgan fingerprint density at radius 2 is 1.96 bits per heavy atom. The predicted octanol–water partition coefficient (Wildman–Crippen LogP) is 4.19. The van der Waals surface area contributed by atoms with E-state index in [1.165, 1.54) is 0 Å². The van der Waals surface area contributed by atoms with Crippen molar-refractivity contribution in [3.8, 4) is 11.5 Å². The molecule has 134 valence electrons. The van der Waals surface area contributed by atoms with E-state index in [1.807, 2.05) is 44.2 Å². The maximum atomic E-state index is 12.1. The minimum atomic E-state index is -0.237. The minimum Gasteiger partial charge on any atom is -0.491 e. The van der Waals surface area contributed by atoms with Crippen LogP contribution < -0.4 is 14.8 Å². The molecule has 0 bridgehead atoms. The van der Waals surface area contributed by atoms with Crippen molar-refractivity contribution in [2.45, 2.75) is 13.8 Å². The topological polar surface area (TPSA) is 56.8 Å². The van der Waals surface area contributed by atoms with Crippen molar-refractivity contribution in [3.05, 3.63) is 52.5 Å². The number of benzene rings is 2. The molecule has 0 unspecified atom stereocenters. The van der Waals surface area contributed by atoms with E-state index < -0.39 is 0 Å². The Morgan fingerprint density at radius 3 is 2.72 bits per heavy atom. The van der Waals surface area contributed by atoms with E-state index in [-0.39, 0.29) is 12.5 Å². The number of hydrogen-bond acceptors (Lipinski definition) is 4. The predicted molar refractivity (Wildman–Crippen MR) is 101 cm³/mol. The highest BCUT2D eigenvalue weighted by atomic mass is 79.9. The number of carbonyl (C=O) groups excluding carboxylic acids is 1. The molecule has 2 aromatic carbocycles. The summed E-state index contributed by atoms with van der Waals surface area (Å²) in [6.07, 6.45) is 0. The highest BCUT2D eigenvalue weighted by Gasteiger charge is 2.07. The molecule has 0 heterocycles. The lowest BCUT2D eigenvalue weighted by molar-refractivity contribution is -0.118. The van der Waals surface area contributed by atoms with E-state index in [2.05, 4.69) is 21.2 Å². The highest BCUT2D eigenvalue weighted by molar-refractivity contribution is 9.10. The van der Waals surface area contributed by atoms with Crippen molar-refractivity contribution in [3.63, 3.8) is 0 Å². The van der Waals surface area contributed by atoms with Crippen LogP contribution in [0, 0.1) is 6.92 Å². The maximum absolute atomic E-state index is 12.1. The van der Waals surface area contributed by atoms with E-state index >= 15 is 0 Å². The lowest BCUT2D eigenvalue weighted by Gasteiger charge is -2.11. The second kappa shape index (κ2) is 10.1. The number of nitrogens with one attached hydrogen (secondary N) is 1. The molecule has 5 nitrogen and oxygen atoms in total. The van der Waals surface area contributed by atoms with Crippen LogP contribution in [0.1, 0.15) is 12.5 Å². The molecular weight excluding hydrogens is 386 g/mol. The quantitative estimate of drug-likeness (QED) is 0.633. The van der Waals surface area contributed by atoms with Crippen LogP contribution in [0.3, 0.4) is 0 Å². The molecule has 0 radical (unpaired) electrons. The fourth-order valence-electron chi connectivity index (χ4n) is 2.09. The van der Waals surface area contributed by atoms with Gasteiger partial charge in [-0.3, -0.25) is 4.79 Å². The molecule has 2 rings (SSSR count). The summed E-state index contributed by atoms with van der Waals surface area (Å²) >= 11 is 3.43. The van der Waals surface area contributed by atoms with Crippen molar-refractivity contribution in [2.24, 2.45) is 0 Å². The first-order chi connectivity index (χ1) is 12.1. The maximum Gasteiger partial charge on any atom is 0.262 e. The number of halogens is 1. The van der Waals surface area contributed by atoms with Crippen LogP contribution in [0.4, 0.5) is 5.69 Å². The Hall–Kier alpha value is -2.05. The van der Waals surface area contributed by atoms with Gasteiger partial charge in [-0.2, -0.15) is 0 Å². The molecule has 0 saturated heterocycles. The van der Waals surface area contributed by atoms with Crippen LogP contribution in [0.5, 0.6) is 11.5 Å². The molecule has 0 aliphatic rings. The van der Waals surface area contributed by atoms with Gasteiger partial charge in [-0.25, -0.2) is 0 Å². The number of carbonyl (C=O) groups is 1. The van der Waals surface area contributed by atoms with Crippen LogP contribution in [0.15, 0.2) is 46.9 Å². The van der Waals surface area contributed by atoms with Gasteiger partial charge in [-0.1, -0.05) is 12.1 Å². The van der Waals surface area contributed by atoms with Crippen LogP contribution >= 0.6 is 15.9 Å². The van der Waals surface area contributed by atoms with Gasteiger partial charge in [-0.15, -0.1) is 0 Å². The molecule has 0 spiro atoms. The number of ether oxygens (including phenoxy) is 3. The lowest BCUT2D eigenvalue weighted by Crippen LogP contribution is -2.20. The van der Waals surface area contributed by atoms with Crippen molar-refractivity contribution in [2.75, 3.05) is 31.7 Å². The second-order valence-corrected chi connectivity index (χ2v) is 6.20. The fourth-order valence-corrected chi connectivity index (χ4v) is 2.70. The number of anilines is 1. The molecule has 0 aliphatic heterocycles. The number of hydrogen-bond donors (Lipinski definition) is 1. The average molecular weight is 408 g/mol. The number of amides is 1. The fraction of sp³-hybridized carbons (Fsp3) is 0.316. The number of rotatable bonds is 9. The third-order valence-electron chi connectivity index (χ3n) is 3.26. The Morgan fingerprint density at radius 1 is 1.12 bits per heavy atom. The summed E-state index contributed by atoms with van der Waals surface area (Å²) in [5, 5.41) is 2.79. The zero-order chi connectivity index (χ0) is 18.1. The van der Waals surface area contributed by atoms with Crippen molar-refractivity contribution >= 4 is 27.5 Å². The SMILES string of the molecule is CCOCCOc1cccc(NC(=O)COc2ccc(C)cc2Br)c1. The first-order valence-corrected chi connectivity index (χ1v) is 8.87. The Kier molecular flexibility index (Phi) is 7.76. The van der Waals surface area contributed by atoms with Gasteiger partial charge in [0.2, 0.25) is 0 Å². The standard InChI is InChI=1S/C19H22BrNO4/c1-3-23-9-10-24-16-6-4-5-15(12-16)21-19(22)13-25-18-8-7-14(2)11-17(18)20/h4-8,11-12H,3,9-10,13H2,1-2H3,(H,21,22). The molecule has 0 saturated carbocycles. The molecule has 1 N–H and O–H groups in total. The summed E-state index contributed by atoms with van der Waals surface area (Å²) in [5.74, 6) is 1.08. The van der Waals surface area contributed by atoms with Crippen molar-refractivity contribution in [1.82, 2.24) is 0 Å². The Labute approximate surface area is 156 Å². The highest BCUT2D eigenvalue weighted by Crippen LogP contribution is 2.25. The largest absolute Gasteiger partial charge is 0.491 e. The molecule has 25 heavy (non-hydrogen) atoms. The van der Waals surface area contributed by atoms with Crippen LogP contribution in [0.25, 0.3) is 0 Å². The van der Waals surface area contributed by atoms with E-state index in [1.54, 1.807) is 12.1 Å².